The minimum absolute atomic E-state index is 0.0481. The lowest BCUT2D eigenvalue weighted by molar-refractivity contribution is -0.171. The van der Waals surface area contributed by atoms with Gasteiger partial charge in [0, 0.05) is 37.3 Å². The van der Waals surface area contributed by atoms with Gasteiger partial charge in [-0.05, 0) is 12.8 Å². The molecule has 1 saturated heterocycles. The molecule has 1 aliphatic carbocycles. The predicted octanol–water partition coefficient (Wildman–Crippen LogP) is -0.573. The van der Waals surface area contributed by atoms with E-state index >= 15 is 0 Å². The number of β-lactam (4-membered cyclic amide) rings is 1. The Kier molecular flexibility index (Phi) is 9.63. The number of carbonyl (C=O) groups excluding carboxylic acids is 3. The summed E-state index contributed by atoms with van der Waals surface area (Å²) in [4.78, 5) is 71.6. The topological polar surface area (TPSA) is 293 Å². The van der Waals surface area contributed by atoms with Crippen molar-refractivity contribution >= 4 is 56.2 Å². The number of carboxylic acid groups (broad SMARTS) is 1. The van der Waals surface area contributed by atoms with Crippen molar-refractivity contribution in [1.82, 2.24) is 24.7 Å². The second-order valence-electron chi connectivity index (χ2n) is 10.3. The van der Waals surface area contributed by atoms with E-state index in [4.69, 9.17) is 10.6 Å². The molecule has 21 heteroatoms. The number of anilines is 1. The first-order valence-corrected chi connectivity index (χ1v) is 15.6. The average Bonchev–Trinajstić information content (AvgIpc) is 3.40. The van der Waals surface area contributed by atoms with Crippen molar-refractivity contribution in [3.05, 3.63) is 39.3 Å². The molecule has 4 rings (SSSR count). The van der Waals surface area contributed by atoms with Crippen LogP contribution in [0.1, 0.15) is 49.9 Å². The van der Waals surface area contributed by atoms with Crippen molar-refractivity contribution in [2.24, 2.45) is 11.1 Å². The molecular weight excluding hydrogens is 642 g/mol. The number of nitrogens with one attached hydrogen (secondary N) is 2. The Morgan fingerprint density at radius 2 is 1.89 bits per heavy atom. The number of nitrogens with two attached hydrogens (primary N) is 1. The average molecular weight is 672 g/mol. The number of urea groups is 1. The van der Waals surface area contributed by atoms with E-state index in [1.54, 1.807) is 0 Å². The fourth-order valence-electron chi connectivity index (χ4n) is 4.96. The summed E-state index contributed by atoms with van der Waals surface area (Å²) in [5.74, 6) is -5.43. The molecule has 2 aromatic rings. The molecule has 2 fully saturated rings. The summed E-state index contributed by atoms with van der Waals surface area (Å²) in [7, 11) is -5.10. The van der Waals surface area contributed by atoms with Crippen LogP contribution in [0.15, 0.2) is 27.6 Å². The largest absolute Gasteiger partial charge is 0.503 e. The third-order valence-electron chi connectivity index (χ3n) is 7.34. The zero-order valence-electron chi connectivity index (χ0n) is 23.3. The first-order chi connectivity index (χ1) is 21.1. The summed E-state index contributed by atoms with van der Waals surface area (Å²) in [6, 6.07) is -1.53. The van der Waals surface area contributed by atoms with Crippen molar-refractivity contribution in [1.29, 1.82) is 0 Å². The molecule has 0 aromatic carbocycles. The number of carbonyl (C=O) groups is 4. The number of Topliss-reactive ketones (excluding diaryl/α,β-unsaturated/α-hetero) is 1. The lowest BCUT2D eigenvalue weighted by atomic mass is 9.84. The molecule has 1 aliphatic heterocycles. The van der Waals surface area contributed by atoms with Crippen molar-refractivity contribution < 1.29 is 52.4 Å². The highest BCUT2D eigenvalue weighted by molar-refractivity contribution is 7.84. The molecule has 0 radical (unpaired) electrons. The number of rotatable bonds is 12. The van der Waals surface area contributed by atoms with Gasteiger partial charge < -0.3 is 36.6 Å². The summed E-state index contributed by atoms with van der Waals surface area (Å²) >= 11 is 0.950. The lowest BCUT2D eigenvalue weighted by Gasteiger charge is -2.44. The van der Waals surface area contributed by atoms with Crippen LogP contribution in [-0.2, 0) is 36.1 Å². The zero-order valence-corrected chi connectivity index (χ0v) is 24.9. The van der Waals surface area contributed by atoms with Crippen molar-refractivity contribution in [2.75, 3.05) is 12.3 Å². The number of nitrogens with zero attached hydrogens (tertiary/aromatic N) is 4. The van der Waals surface area contributed by atoms with Gasteiger partial charge in [-0.25, -0.2) is 18.9 Å². The fraction of sp³-hybridized carbons (Fsp3) is 0.458. The molecule has 2 atom stereocenters. The van der Waals surface area contributed by atoms with Gasteiger partial charge in [-0.3, -0.25) is 18.9 Å². The summed E-state index contributed by atoms with van der Waals surface area (Å²) in [6.07, 6.45) is 2.18. The third kappa shape index (κ3) is 7.32. The van der Waals surface area contributed by atoms with Gasteiger partial charge in [0.25, 0.3) is 0 Å². The maximum atomic E-state index is 13.4. The number of oxime groups is 1. The van der Waals surface area contributed by atoms with Gasteiger partial charge in [-0.15, -0.1) is 11.3 Å². The number of nitrogen functional groups attached to an aromatic ring is 1. The van der Waals surface area contributed by atoms with Crippen LogP contribution in [0.3, 0.4) is 0 Å². The number of hydrogen-bond acceptors (Lipinski definition) is 14. The second-order valence-corrected chi connectivity index (χ2v) is 12.5. The summed E-state index contributed by atoms with van der Waals surface area (Å²) in [5, 5.41) is 38.7. The molecule has 1 saturated carbocycles. The van der Waals surface area contributed by atoms with E-state index < -0.39 is 88.0 Å². The molecule has 0 spiro atoms. The minimum Gasteiger partial charge on any atom is -0.503 e. The number of aromatic nitrogens is 2. The van der Waals surface area contributed by atoms with Crippen molar-refractivity contribution in [3.8, 4) is 5.75 Å². The zero-order chi connectivity index (χ0) is 33.1. The molecule has 2 aliphatic rings. The van der Waals surface area contributed by atoms with E-state index in [2.05, 4.69) is 20.8 Å². The SMILES string of the molecule is Nc1nc(/C(=N/OC2(C(=O)O)CCCCC2)C(=O)C[C@@H]2C(=O)N(S(=O)(=O)O)[C@@H]2CNC(=O)NCc2cc(=O)c(O)cn2O)cs1. The Morgan fingerprint density at radius 3 is 2.49 bits per heavy atom. The Morgan fingerprint density at radius 1 is 1.20 bits per heavy atom. The number of aliphatic carboxylic acids is 1. The normalized spacial score (nSPS) is 19.8. The fourth-order valence-corrected chi connectivity index (χ4v) is 6.43. The first-order valence-electron chi connectivity index (χ1n) is 13.3. The quantitative estimate of drug-likeness (QED) is 0.0489. The minimum atomic E-state index is -5.10. The Hall–Kier alpha value is -4.76. The smallest absolute Gasteiger partial charge is 0.362 e. The van der Waals surface area contributed by atoms with Crippen LogP contribution in [0.4, 0.5) is 9.93 Å². The van der Waals surface area contributed by atoms with Crippen LogP contribution in [0.25, 0.3) is 0 Å². The Labute approximate surface area is 258 Å². The van der Waals surface area contributed by atoms with Crippen LogP contribution in [0.5, 0.6) is 5.75 Å². The molecule has 8 N–H and O–H groups in total. The molecule has 0 unspecified atom stereocenters. The van der Waals surface area contributed by atoms with Gasteiger partial charge >= 0.3 is 22.3 Å². The molecule has 3 amide bonds. The van der Waals surface area contributed by atoms with Gasteiger partial charge in [-0.2, -0.15) is 13.1 Å². The number of carboxylic acids is 1. The van der Waals surface area contributed by atoms with Gasteiger partial charge in [0.15, 0.2) is 22.4 Å². The van der Waals surface area contributed by atoms with Crippen LogP contribution in [0, 0.1) is 5.92 Å². The van der Waals surface area contributed by atoms with Crippen molar-refractivity contribution in [2.45, 2.75) is 56.7 Å². The van der Waals surface area contributed by atoms with Crippen LogP contribution in [-0.4, -0.2) is 90.0 Å². The van der Waals surface area contributed by atoms with E-state index in [0.717, 1.165) is 23.8 Å². The summed E-state index contributed by atoms with van der Waals surface area (Å²) in [6.45, 7) is -0.995. The van der Waals surface area contributed by atoms with Crippen molar-refractivity contribution in [3.63, 3.8) is 0 Å². The highest BCUT2D eigenvalue weighted by Crippen LogP contribution is 2.34. The molecule has 244 valence electrons. The van der Waals surface area contributed by atoms with Crippen LogP contribution < -0.4 is 21.8 Å². The van der Waals surface area contributed by atoms with E-state index in [1.807, 2.05) is 0 Å². The monoisotopic (exact) mass is 671 g/mol. The Balaban J connectivity index is 1.49. The summed E-state index contributed by atoms with van der Waals surface area (Å²) in [5.41, 5.74) is 2.53. The molecule has 19 nitrogen and oxygen atoms in total. The second kappa shape index (κ2) is 13.1. The van der Waals surface area contributed by atoms with Gasteiger partial charge in [-0.1, -0.05) is 11.6 Å². The molecule has 2 aromatic heterocycles. The van der Waals surface area contributed by atoms with E-state index in [9.17, 15) is 52.4 Å². The standard InChI is InChI=1S/C24H29N7O12S2/c25-22-28-14(11-44-22)19(29-43-24(21(36)37)4-2-1-3-5-24)17(33)7-13-15(31(20(13)35)45(40,41)42)9-27-23(38)26-8-12-6-16(32)18(34)10-30(12)39/h6,10-11,13,15,34,39H,1-5,7-9H2,(H2,25,28)(H,36,37)(H2,26,27,38)(H,40,41,42)/b29-19-/t13-,15+/m0/s1. The number of hydrogen-bond donors (Lipinski definition) is 7. The number of ketones is 1. The number of aromatic hydroxyl groups is 1. The highest BCUT2D eigenvalue weighted by Gasteiger charge is 2.54. The van der Waals surface area contributed by atoms with E-state index in [-0.39, 0.29) is 33.7 Å². The summed E-state index contributed by atoms with van der Waals surface area (Å²) < 4.78 is 33.9. The third-order valence-corrected chi connectivity index (χ3v) is 8.96. The lowest BCUT2D eigenvalue weighted by Crippen LogP contribution is -2.66. The van der Waals surface area contributed by atoms with Gasteiger partial charge in [0.2, 0.25) is 16.9 Å². The van der Waals surface area contributed by atoms with Gasteiger partial charge in [0.05, 0.1) is 30.4 Å². The molecule has 3 heterocycles. The van der Waals surface area contributed by atoms with E-state index in [0.29, 0.717) is 23.8 Å². The predicted molar refractivity (Wildman–Crippen MR) is 153 cm³/mol. The van der Waals surface area contributed by atoms with Crippen LogP contribution >= 0.6 is 11.3 Å². The molecular formula is C24H29N7O12S2. The maximum absolute atomic E-state index is 13.4. The van der Waals surface area contributed by atoms with E-state index in [1.165, 1.54) is 5.38 Å². The maximum Gasteiger partial charge on any atom is 0.362 e. The molecule has 0 bridgehead atoms. The number of pyridine rings is 1. The van der Waals surface area contributed by atoms with Crippen LogP contribution in [0.2, 0.25) is 0 Å². The number of amides is 3. The number of thiazole rings is 1. The molecule has 45 heavy (non-hydrogen) atoms. The first kappa shape index (κ1) is 33.1. The highest BCUT2D eigenvalue weighted by atomic mass is 32.2. The van der Waals surface area contributed by atoms with Gasteiger partial charge in [0.1, 0.15) is 5.69 Å². The Bertz CT molecular complexity index is 1700.